The first-order valence-corrected chi connectivity index (χ1v) is 16.6. The number of hydrogen-bond acceptors (Lipinski definition) is 3. The van der Waals surface area contributed by atoms with E-state index in [1.54, 1.807) is 0 Å². The average Bonchev–Trinajstić information content (AvgIpc) is 3.34. The lowest BCUT2D eigenvalue weighted by Crippen LogP contribution is -2.54. The molecule has 0 aromatic heterocycles. The van der Waals surface area contributed by atoms with Crippen molar-refractivity contribution in [3.63, 3.8) is 0 Å². The van der Waals surface area contributed by atoms with Gasteiger partial charge in [-0.1, -0.05) is 80.3 Å². The fourth-order valence-electron chi connectivity index (χ4n) is 8.23. The number of hydrogen-bond donors (Lipinski definition) is 0. The normalized spacial score (nSPS) is 24.0. The monoisotopic (exact) mass is 555 g/mol. The van der Waals surface area contributed by atoms with Gasteiger partial charge in [0.15, 0.2) is 0 Å². The van der Waals surface area contributed by atoms with E-state index in [0.29, 0.717) is 11.8 Å². The van der Waals surface area contributed by atoms with Crippen molar-refractivity contribution in [2.45, 2.75) is 94.9 Å². The molecule has 0 spiro atoms. The first-order valence-electron chi connectivity index (χ1n) is 16.6. The molecule has 1 aliphatic carbocycles. The van der Waals surface area contributed by atoms with Gasteiger partial charge in [0.05, 0.1) is 11.5 Å². The SMILES string of the molecule is O=C(C1CCCCCC1)N1CCc2ccccc2C1CCN1CCC(C(=O)N2CCCCC2)(c2ccccc2)CC1. The maximum absolute atomic E-state index is 14.1. The predicted octanol–water partition coefficient (Wildman–Crippen LogP) is 6.52. The van der Waals surface area contributed by atoms with Crippen LogP contribution < -0.4 is 0 Å². The van der Waals surface area contributed by atoms with E-state index in [2.05, 4.69) is 69.3 Å². The Labute approximate surface area is 247 Å². The maximum atomic E-state index is 14.1. The van der Waals surface area contributed by atoms with Crippen LogP contribution in [-0.4, -0.2) is 65.8 Å². The topological polar surface area (TPSA) is 43.9 Å². The molecule has 3 heterocycles. The van der Waals surface area contributed by atoms with Crippen molar-refractivity contribution in [1.29, 1.82) is 0 Å². The smallest absolute Gasteiger partial charge is 0.233 e. The Morgan fingerprint density at radius 3 is 2.12 bits per heavy atom. The summed E-state index contributed by atoms with van der Waals surface area (Å²) >= 11 is 0. The van der Waals surface area contributed by atoms with E-state index in [1.165, 1.54) is 48.8 Å². The van der Waals surface area contributed by atoms with Crippen LogP contribution in [0.3, 0.4) is 0 Å². The summed E-state index contributed by atoms with van der Waals surface area (Å²) in [5.41, 5.74) is 3.55. The molecule has 2 aromatic rings. The minimum Gasteiger partial charge on any atom is -0.342 e. The van der Waals surface area contributed by atoms with Crippen LogP contribution >= 0.6 is 0 Å². The number of fused-ring (bicyclic) bond motifs is 1. The highest BCUT2D eigenvalue weighted by Gasteiger charge is 2.45. The summed E-state index contributed by atoms with van der Waals surface area (Å²) < 4.78 is 0. The van der Waals surface area contributed by atoms with E-state index in [1.807, 2.05) is 0 Å². The summed E-state index contributed by atoms with van der Waals surface area (Å²) in [4.78, 5) is 35.0. The molecule has 0 bridgehead atoms. The number of rotatable bonds is 6. The zero-order valence-electron chi connectivity index (χ0n) is 24.9. The van der Waals surface area contributed by atoms with Crippen molar-refractivity contribution in [3.8, 4) is 0 Å². The van der Waals surface area contributed by atoms with E-state index in [0.717, 1.165) is 90.6 Å². The first-order chi connectivity index (χ1) is 20.2. The molecule has 5 nitrogen and oxygen atoms in total. The molecule has 1 unspecified atom stereocenters. The zero-order valence-corrected chi connectivity index (χ0v) is 24.9. The highest BCUT2D eigenvalue weighted by molar-refractivity contribution is 5.88. The molecule has 1 atom stereocenters. The van der Waals surface area contributed by atoms with Gasteiger partial charge in [0, 0.05) is 32.1 Å². The molecule has 0 N–H and O–H groups in total. The Hall–Kier alpha value is -2.66. The Morgan fingerprint density at radius 2 is 1.39 bits per heavy atom. The third-order valence-electron chi connectivity index (χ3n) is 10.7. The molecule has 6 rings (SSSR count). The lowest BCUT2D eigenvalue weighted by molar-refractivity contribution is -0.141. The second-order valence-electron chi connectivity index (χ2n) is 13.1. The minimum atomic E-state index is -0.409. The van der Waals surface area contributed by atoms with Gasteiger partial charge in [-0.15, -0.1) is 0 Å². The molecule has 5 heteroatoms. The van der Waals surface area contributed by atoms with Crippen LogP contribution in [0.25, 0.3) is 0 Å². The van der Waals surface area contributed by atoms with Gasteiger partial charge in [-0.25, -0.2) is 0 Å². The lowest BCUT2D eigenvalue weighted by Gasteiger charge is -2.45. The van der Waals surface area contributed by atoms with E-state index < -0.39 is 5.41 Å². The second-order valence-corrected chi connectivity index (χ2v) is 13.1. The Bertz CT molecular complexity index is 1160. The van der Waals surface area contributed by atoms with Crippen molar-refractivity contribution < 1.29 is 9.59 Å². The van der Waals surface area contributed by atoms with Gasteiger partial charge in [-0.3, -0.25) is 9.59 Å². The summed E-state index contributed by atoms with van der Waals surface area (Å²) in [6.45, 7) is 5.49. The number of amides is 2. The summed E-state index contributed by atoms with van der Waals surface area (Å²) in [6.07, 6.45) is 14.2. The molecule has 3 aliphatic heterocycles. The third-order valence-corrected chi connectivity index (χ3v) is 10.7. The van der Waals surface area contributed by atoms with Crippen molar-refractivity contribution in [2.24, 2.45) is 5.92 Å². The number of piperidine rings is 2. The molecule has 4 aliphatic rings. The van der Waals surface area contributed by atoms with Crippen LogP contribution in [-0.2, 0) is 21.4 Å². The van der Waals surface area contributed by atoms with Crippen LogP contribution in [0.2, 0.25) is 0 Å². The van der Waals surface area contributed by atoms with Crippen LogP contribution in [0.5, 0.6) is 0 Å². The lowest BCUT2D eigenvalue weighted by atomic mass is 9.71. The summed E-state index contributed by atoms with van der Waals surface area (Å²) in [6, 6.07) is 19.6. The van der Waals surface area contributed by atoms with Gasteiger partial charge in [-0.2, -0.15) is 0 Å². The van der Waals surface area contributed by atoms with Crippen molar-refractivity contribution in [1.82, 2.24) is 14.7 Å². The number of carbonyl (C=O) groups excluding carboxylic acids is 2. The molecule has 41 heavy (non-hydrogen) atoms. The van der Waals surface area contributed by atoms with Crippen LogP contribution in [0.15, 0.2) is 54.6 Å². The second kappa shape index (κ2) is 13.1. The zero-order chi connectivity index (χ0) is 28.1. The van der Waals surface area contributed by atoms with Crippen LogP contribution in [0.4, 0.5) is 0 Å². The molecular weight excluding hydrogens is 506 g/mol. The maximum Gasteiger partial charge on any atom is 0.233 e. The Morgan fingerprint density at radius 1 is 0.732 bits per heavy atom. The van der Waals surface area contributed by atoms with E-state index >= 15 is 0 Å². The molecule has 1 saturated carbocycles. The quantitative estimate of drug-likeness (QED) is 0.381. The molecule has 3 fully saturated rings. The van der Waals surface area contributed by atoms with Gasteiger partial charge in [0.25, 0.3) is 0 Å². The van der Waals surface area contributed by atoms with Crippen molar-refractivity contribution in [2.75, 3.05) is 39.3 Å². The molecule has 2 amide bonds. The molecule has 2 saturated heterocycles. The largest absolute Gasteiger partial charge is 0.342 e. The standard InChI is InChI=1S/C36H49N3O2/c40-34(30-14-5-1-2-6-15-30)39-26-19-29-13-9-10-18-32(29)33(39)20-25-37-27-21-36(22-28-37,31-16-7-3-8-17-31)35(41)38-23-11-4-12-24-38/h3,7-10,13,16-18,30,33H,1-2,4-6,11-12,14-15,19-28H2. The van der Waals surface area contributed by atoms with Gasteiger partial charge in [-0.05, 0) is 87.6 Å². The van der Waals surface area contributed by atoms with E-state index in [9.17, 15) is 9.59 Å². The number of nitrogens with zero attached hydrogens (tertiary/aromatic N) is 3. The summed E-state index contributed by atoms with van der Waals surface area (Å²) in [7, 11) is 0. The Kier molecular flexibility index (Phi) is 9.10. The predicted molar refractivity (Wildman–Crippen MR) is 165 cm³/mol. The van der Waals surface area contributed by atoms with E-state index in [4.69, 9.17) is 0 Å². The Balaban J connectivity index is 1.16. The number of carbonyl (C=O) groups is 2. The van der Waals surface area contributed by atoms with Gasteiger partial charge < -0.3 is 14.7 Å². The molecule has 220 valence electrons. The van der Waals surface area contributed by atoms with Crippen molar-refractivity contribution in [3.05, 3.63) is 71.3 Å². The highest BCUT2D eigenvalue weighted by Crippen LogP contribution is 2.40. The van der Waals surface area contributed by atoms with Crippen molar-refractivity contribution >= 4 is 11.8 Å². The van der Waals surface area contributed by atoms with Gasteiger partial charge in [0.1, 0.15) is 0 Å². The summed E-state index contributed by atoms with van der Waals surface area (Å²) in [5.74, 6) is 0.956. The van der Waals surface area contributed by atoms with E-state index in [-0.39, 0.29) is 12.0 Å². The first kappa shape index (κ1) is 28.5. The molecule has 0 radical (unpaired) electrons. The average molecular weight is 556 g/mol. The highest BCUT2D eigenvalue weighted by atomic mass is 16.2. The fourth-order valence-corrected chi connectivity index (χ4v) is 8.23. The van der Waals surface area contributed by atoms with Gasteiger partial charge >= 0.3 is 0 Å². The molecule has 2 aromatic carbocycles. The third kappa shape index (κ3) is 6.11. The molecular formula is C36H49N3O2. The van der Waals surface area contributed by atoms with Gasteiger partial charge in [0.2, 0.25) is 11.8 Å². The number of likely N-dealkylation sites (tertiary alicyclic amines) is 2. The van der Waals surface area contributed by atoms with Crippen LogP contribution in [0.1, 0.15) is 99.8 Å². The summed E-state index contributed by atoms with van der Waals surface area (Å²) in [5, 5.41) is 0. The fraction of sp³-hybridized carbons (Fsp3) is 0.611. The number of benzene rings is 2. The van der Waals surface area contributed by atoms with Crippen LogP contribution in [0, 0.1) is 5.92 Å². The minimum absolute atomic E-state index is 0.159.